The molecule has 0 aliphatic carbocycles. The van der Waals surface area contributed by atoms with E-state index in [-0.39, 0.29) is 31.1 Å². The lowest BCUT2D eigenvalue weighted by Gasteiger charge is -2.18. The second-order valence-corrected chi connectivity index (χ2v) is 18.5. The van der Waals surface area contributed by atoms with Gasteiger partial charge in [0, 0.05) is 19.3 Å². The highest BCUT2D eigenvalue weighted by atomic mass is 16.6. The minimum atomic E-state index is -0.766. The zero-order valence-corrected chi connectivity index (χ0v) is 41.2. The molecular formula is C55H104O6. The van der Waals surface area contributed by atoms with Crippen LogP contribution in [0.3, 0.4) is 0 Å². The maximum Gasteiger partial charge on any atom is 0.306 e. The van der Waals surface area contributed by atoms with E-state index in [0.717, 1.165) is 64.2 Å². The van der Waals surface area contributed by atoms with E-state index in [0.29, 0.717) is 19.3 Å². The van der Waals surface area contributed by atoms with Crippen LogP contribution in [0, 0.1) is 0 Å². The maximum absolute atomic E-state index is 12.8. The van der Waals surface area contributed by atoms with Gasteiger partial charge in [-0.05, 0) is 44.9 Å². The number of esters is 3. The third kappa shape index (κ3) is 49.0. The summed E-state index contributed by atoms with van der Waals surface area (Å²) >= 11 is 0. The Labute approximate surface area is 380 Å². The predicted molar refractivity (Wildman–Crippen MR) is 261 cm³/mol. The molecule has 6 heteroatoms. The van der Waals surface area contributed by atoms with Crippen LogP contribution in [0.1, 0.15) is 303 Å². The molecule has 61 heavy (non-hydrogen) atoms. The lowest BCUT2D eigenvalue weighted by Crippen LogP contribution is -2.30. The van der Waals surface area contributed by atoms with Crippen molar-refractivity contribution in [2.45, 2.75) is 309 Å². The molecule has 0 saturated heterocycles. The fourth-order valence-corrected chi connectivity index (χ4v) is 8.14. The third-order valence-electron chi connectivity index (χ3n) is 12.3. The minimum absolute atomic E-state index is 0.0685. The van der Waals surface area contributed by atoms with Crippen molar-refractivity contribution in [2.24, 2.45) is 0 Å². The molecule has 0 saturated carbocycles. The predicted octanol–water partition coefficient (Wildman–Crippen LogP) is 17.8. The van der Waals surface area contributed by atoms with E-state index in [4.69, 9.17) is 14.2 Å². The van der Waals surface area contributed by atoms with Gasteiger partial charge < -0.3 is 14.2 Å². The van der Waals surface area contributed by atoms with Gasteiger partial charge in [-0.15, -0.1) is 0 Å². The molecule has 1 atom stereocenters. The molecule has 0 amide bonds. The lowest BCUT2D eigenvalue weighted by atomic mass is 10.0. The van der Waals surface area contributed by atoms with Crippen LogP contribution < -0.4 is 0 Å². The van der Waals surface area contributed by atoms with E-state index in [1.165, 1.54) is 199 Å². The Hall–Kier alpha value is -1.85. The van der Waals surface area contributed by atoms with Crippen molar-refractivity contribution < 1.29 is 28.6 Å². The molecule has 1 unspecified atom stereocenters. The highest BCUT2D eigenvalue weighted by molar-refractivity contribution is 5.71. The maximum atomic E-state index is 12.8. The fourth-order valence-electron chi connectivity index (χ4n) is 8.14. The van der Waals surface area contributed by atoms with E-state index in [9.17, 15) is 14.4 Å². The van der Waals surface area contributed by atoms with Gasteiger partial charge in [0.25, 0.3) is 0 Å². The van der Waals surface area contributed by atoms with Gasteiger partial charge >= 0.3 is 17.9 Å². The third-order valence-corrected chi connectivity index (χ3v) is 12.3. The van der Waals surface area contributed by atoms with Crippen molar-refractivity contribution in [3.63, 3.8) is 0 Å². The normalized spacial score (nSPS) is 12.0. The Bertz CT molecular complexity index is 947. The average Bonchev–Trinajstić information content (AvgIpc) is 3.26. The highest BCUT2D eigenvalue weighted by Gasteiger charge is 2.19. The first-order chi connectivity index (χ1) is 30.0. The van der Waals surface area contributed by atoms with Crippen molar-refractivity contribution in [3.8, 4) is 0 Å². The summed E-state index contributed by atoms with van der Waals surface area (Å²) in [5, 5.41) is 0. The number of hydrogen-bond donors (Lipinski definition) is 0. The first-order valence-electron chi connectivity index (χ1n) is 27.2. The zero-order chi connectivity index (χ0) is 44.4. The molecule has 0 N–H and O–H groups in total. The van der Waals surface area contributed by atoms with E-state index in [2.05, 4.69) is 32.9 Å². The number of hydrogen-bond acceptors (Lipinski definition) is 6. The molecule has 0 spiro atoms. The van der Waals surface area contributed by atoms with E-state index >= 15 is 0 Å². The molecular weight excluding hydrogens is 757 g/mol. The molecule has 0 aromatic heterocycles. The zero-order valence-electron chi connectivity index (χ0n) is 41.2. The van der Waals surface area contributed by atoms with Crippen LogP contribution in [0.25, 0.3) is 0 Å². The number of carbonyl (C=O) groups is 3. The van der Waals surface area contributed by atoms with Gasteiger partial charge in [-0.25, -0.2) is 0 Å². The summed E-state index contributed by atoms with van der Waals surface area (Å²) in [6, 6.07) is 0. The van der Waals surface area contributed by atoms with Gasteiger partial charge in [-0.1, -0.05) is 251 Å². The molecule has 0 aromatic rings. The summed E-state index contributed by atoms with van der Waals surface area (Å²) in [5.74, 6) is -0.866. The van der Waals surface area contributed by atoms with Crippen molar-refractivity contribution >= 4 is 17.9 Å². The van der Waals surface area contributed by atoms with Crippen molar-refractivity contribution in [1.29, 1.82) is 0 Å². The number of allylic oxidation sites excluding steroid dienone is 2. The minimum Gasteiger partial charge on any atom is -0.462 e. The van der Waals surface area contributed by atoms with Crippen LogP contribution in [-0.4, -0.2) is 37.2 Å². The smallest absolute Gasteiger partial charge is 0.306 e. The molecule has 0 aliphatic rings. The Morgan fingerprint density at radius 2 is 0.541 bits per heavy atom. The molecule has 0 radical (unpaired) electrons. The summed E-state index contributed by atoms with van der Waals surface area (Å²) in [6.07, 6.45) is 56.5. The molecule has 0 heterocycles. The first-order valence-corrected chi connectivity index (χ1v) is 27.2. The van der Waals surface area contributed by atoms with Gasteiger partial charge in [0.1, 0.15) is 13.2 Å². The summed E-state index contributed by atoms with van der Waals surface area (Å²) in [7, 11) is 0. The second-order valence-electron chi connectivity index (χ2n) is 18.5. The van der Waals surface area contributed by atoms with Gasteiger partial charge in [-0.2, -0.15) is 0 Å². The standard InChI is InChI=1S/C55H104O6/c1-4-7-10-13-16-18-20-22-24-26-27-28-29-31-32-34-36-39-42-45-48-54(57)60-51-52(50-59-53(56)47-44-41-38-15-12-9-6-3)61-55(58)49-46-43-40-37-35-33-30-25-23-21-19-17-14-11-8-5-2/h25,30,52H,4-24,26-29,31-51H2,1-3H3/b30-25-. The molecule has 0 aliphatic heterocycles. The molecule has 6 nitrogen and oxygen atoms in total. The Morgan fingerprint density at radius 1 is 0.311 bits per heavy atom. The molecule has 0 fully saturated rings. The number of carbonyl (C=O) groups excluding carboxylic acids is 3. The SMILES string of the molecule is CCCCCCCCC/C=C\CCCCCCCC(=O)OC(COC(=O)CCCCCCCCC)COC(=O)CCCCCCCCCCCCCCCCCCCCCC. The van der Waals surface area contributed by atoms with Crippen LogP contribution in [0.2, 0.25) is 0 Å². The lowest BCUT2D eigenvalue weighted by molar-refractivity contribution is -0.167. The van der Waals surface area contributed by atoms with Crippen LogP contribution in [-0.2, 0) is 28.6 Å². The van der Waals surface area contributed by atoms with E-state index in [1.807, 2.05) is 0 Å². The summed E-state index contributed by atoms with van der Waals surface area (Å²) < 4.78 is 16.8. The fraction of sp³-hybridized carbons (Fsp3) is 0.909. The van der Waals surface area contributed by atoms with Crippen LogP contribution in [0.5, 0.6) is 0 Å². The summed E-state index contributed by atoms with van der Waals surface area (Å²) in [6.45, 7) is 6.63. The molecule has 0 aromatic carbocycles. The average molecular weight is 861 g/mol. The van der Waals surface area contributed by atoms with Crippen LogP contribution in [0.4, 0.5) is 0 Å². The van der Waals surface area contributed by atoms with Crippen LogP contribution >= 0.6 is 0 Å². The molecule has 0 bridgehead atoms. The molecule has 360 valence electrons. The first kappa shape index (κ1) is 59.1. The quantitative estimate of drug-likeness (QED) is 0.0262. The topological polar surface area (TPSA) is 78.9 Å². The number of ether oxygens (including phenoxy) is 3. The number of rotatable bonds is 50. The monoisotopic (exact) mass is 861 g/mol. The van der Waals surface area contributed by atoms with Crippen molar-refractivity contribution in [2.75, 3.05) is 13.2 Å². The van der Waals surface area contributed by atoms with E-state index < -0.39 is 6.10 Å². The Kier molecular flexibility index (Phi) is 49.3. The van der Waals surface area contributed by atoms with Crippen molar-refractivity contribution in [3.05, 3.63) is 12.2 Å². The second kappa shape index (κ2) is 50.8. The van der Waals surface area contributed by atoms with Crippen LogP contribution in [0.15, 0.2) is 12.2 Å². The van der Waals surface area contributed by atoms with E-state index in [1.54, 1.807) is 0 Å². The molecule has 0 rings (SSSR count). The highest BCUT2D eigenvalue weighted by Crippen LogP contribution is 2.17. The Balaban J connectivity index is 4.17. The Morgan fingerprint density at radius 3 is 0.820 bits per heavy atom. The van der Waals surface area contributed by atoms with Crippen molar-refractivity contribution in [1.82, 2.24) is 0 Å². The summed E-state index contributed by atoms with van der Waals surface area (Å²) in [4.78, 5) is 37.8. The van der Waals surface area contributed by atoms with Gasteiger partial charge in [0.2, 0.25) is 0 Å². The van der Waals surface area contributed by atoms with Gasteiger partial charge in [0.05, 0.1) is 0 Å². The number of unbranched alkanes of at least 4 members (excludes halogenated alkanes) is 37. The largest absolute Gasteiger partial charge is 0.462 e. The summed E-state index contributed by atoms with van der Waals surface area (Å²) in [5.41, 5.74) is 0. The van der Waals surface area contributed by atoms with Gasteiger partial charge in [0.15, 0.2) is 6.10 Å². The van der Waals surface area contributed by atoms with Gasteiger partial charge in [-0.3, -0.25) is 14.4 Å².